The molecule has 2 amide bonds. The molecule has 0 saturated heterocycles. The molecule has 0 aromatic heterocycles. The Labute approximate surface area is 188 Å². The molecule has 0 saturated carbocycles. The first-order chi connectivity index (χ1) is 14.8. The molecule has 0 aliphatic heterocycles. The molecule has 2 aromatic rings. The second kappa shape index (κ2) is 12.3. The summed E-state index contributed by atoms with van der Waals surface area (Å²) >= 11 is 5.86. The zero-order valence-corrected chi connectivity index (χ0v) is 19.0. The van der Waals surface area contributed by atoms with Crippen LogP contribution in [0.1, 0.15) is 45.6 Å². The van der Waals surface area contributed by atoms with Gasteiger partial charge in [0.05, 0.1) is 6.61 Å². The summed E-state index contributed by atoms with van der Waals surface area (Å²) in [6, 6.07) is 12.5. The second-order valence-electron chi connectivity index (χ2n) is 7.51. The van der Waals surface area contributed by atoms with Gasteiger partial charge in [-0.15, -0.1) is 0 Å². The van der Waals surface area contributed by atoms with Crippen LogP contribution in [0.25, 0.3) is 0 Å². The van der Waals surface area contributed by atoms with Crippen LogP contribution in [0.15, 0.2) is 48.5 Å². The zero-order chi connectivity index (χ0) is 22.8. The third-order valence-corrected chi connectivity index (χ3v) is 5.34. The van der Waals surface area contributed by atoms with Gasteiger partial charge in [0, 0.05) is 29.6 Å². The van der Waals surface area contributed by atoms with Gasteiger partial charge in [0.25, 0.3) is 0 Å². The van der Waals surface area contributed by atoms with E-state index >= 15 is 0 Å². The monoisotopic (exact) mass is 448 g/mol. The van der Waals surface area contributed by atoms with Crippen molar-refractivity contribution in [3.05, 3.63) is 64.9 Å². The van der Waals surface area contributed by atoms with E-state index in [1.165, 1.54) is 11.0 Å². The topological polar surface area (TPSA) is 58.6 Å². The number of nitrogens with one attached hydrogen (secondary N) is 1. The van der Waals surface area contributed by atoms with Crippen LogP contribution in [0.2, 0.25) is 5.02 Å². The number of ether oxygens (including phenoxy) is 1. The highest BCUT2D eigenvalue weighted by Gasteiger charge is 2.27. The lowest BCUT2D eigenvalue weighted by Gasteiger charge is -2.30. The predicted molar refractivity (Wildman–Crippen MR) is 120 cm³/mol. The highest BCUT2D eigenvalue weighted by Crippen LogP contribution is 2.17. The van der Waals surface area contributed by atoms with Crippen LogP contribution in [-0.4, -0.2) is 35.4 Å². The number of nitrogens with zero attached hydrogens (tertiary/aromatic N) is 1. The molecule has 2 atom stereocenters. The predicted octanol–water partition coefficient (Wildman–Crippen LogP) is 4.97. The van der Waals surface area contributed by atoms with Gasteiger partial charge in [-0.25, -0.2) is 4.39 Å². The Bertz CT molecular complexity index is 860. The number of halogens is 2. The maximum absolute atomic E-state index is 14.2. The molecule has 168 valence electrons. The van der Waals surface area contributed by atoms with Gasteiger partial charge in [-0.05, 0) is 57.0 Å². The first kappa shape index (κ1) is 24.7. The average molecular weight is 449 g/mol. The minimum absolute atomic E-state index is 0.00635. The Kier molecular flexibility index (Phi) is 9.79. The van der Waals surface area contributed by atoms with Gasteiger partial charge in [-0.1, -0.05) is 36.7 Å². The van der Waals surface area contributed by atoms with Crippen molar-refractivity contribution in [2.75, 3.05) is 6.61 Å². The van der Waals surface area contributed by atoms with Crippen molar-refractivity contribution in [2.45, 2.75) is 58.7 Å². The van der Waals surface area contributed by atoms with Crippen molar-refractivity contribution >= 4 is 23.4 Å². The third kappa shape index (κ3) is 7.87. The molecule has 0 unspecified atom stereocenters. The van der Waals surface area contributed by atoms with Crippen molar-refractivity contribution in [3.63, 3.8) is 0 Å². The van der Waals surface area contributed by atoms with Gasteiger partial charge in [0.2, 0.25) is 11.8 Å². The molecule has 5 nitrogen and oxygen atoms in total. The van der Waals surface area contributed by atoms with Gasteiger partial charge >= 0.3 is 0 Å². The molecule has 0 heterocycles. The van der Waals surface area contributed by atoms with Crippen molar-refractivity contribution in [2.24, 2.45) is 0 Å². The Morgan fingerprint density at radius 1 is 1.13 bits per heavy atom. The summed E-state index contributed by atoms with van der Waals surface area (Å²) in [5.41, 5.74) is 0.372. The highest BCUT2D eigenvalue weighted by molar-refractivity contribution is 6.30. The summed E-state index contributed by atoms with van der Waals surface area (Å²) < 4.78 is 19.8. The summed E-state index contributed by atoms with van der Waals surface area (Å²) in [6.07, 6.45) is 1.43. The van der Waals surface area contributed by atoms with Crippen molar-refractivity contribution < 1.29 is 18.7 Å². The lowest BCUT2D eigenvalue weighted by molar-refractivity contribution is -0.141. The Hall–Kier alpha value is -2.60. The summed E-state index contributed by atoms with van der Waals surface area (Å²) in [7, 11) is 0. The lowest BCUT2D eigenvalue weighted by Crippen LogP contribution is -2.49. The number of rotatable bonds is 11. The highest BCUT2D eigenvalue weighted by atomic mass is 35.5. The molecule has 1 N–H and O–H groups in total. The minimum atomic E-state index is -0.724. The molecular formula is C24H30ClFN2O3. The SMILES string of the molecule is CC[C@@H](C)NC(=O)[C@H](C)N(Cc1ccccc1F)C(=O)CCCOc1ccc(Cl)cc1. The van der Waals surface area contributed by atoms with Crippen LogP contribution < -0.4 is 10.1 Å². The molecule has 0 fully saturated rings. The summed E-state index contributed by atoms with van der Waals surface area (Å²) in [6.45, 7) is 5.91. The standard InChI is InChI=1S/C24H30ClFN2O3/c1-4-17(2)27-24(30)18(3)28(16-19-8-5-6-9-22(19)26)23(29)10-7-15-31-21-13-11-20(25)12-14-21/h5-6,8-9,11-14,17-18H,4,7,10,15-16H2,1-3H3,(H,27,30)/t17-,18+/m1/s1. The van der Waals surface area contributed by atoms with E-state index in [1.54, 1.807) is 49.4 Å². The van der Waals surface area contributed by atoms with Crippen LogP contribution in [0.4, 0.5) is 4.39 Å². The van der Waals surface area contributed by atoms with Crippen LogP contribution in [0, 0.1) is 5.82 Å². The first-order valence-electron chi connectivity index (χ1n) is 10.5. The van der Waals surface area contributed by atoms with Crippen molar-refractivity contribution in [3.8, 4) is 5.75 Å². The van der Waals surface area contributed by atoms with Crippen LogP contribution >= 0.6 is 11.6 Å². The molecule has 0 aliphatic carbocycles. The minimum Gasteiger partial charge on any atom is -0.494 e. The van der Waals surface area contributed by atoms with Crippen LogP contribution in [0.5, 0.6) is 5.75 Å². The molecular weight excluding hydrogens is 419 g/mol. The van der Waals surface area contributed by atoms with Gasteiger partial charge in [-0.3, -0.25) is 9.59 Å². The molecule has 0 spiro atoms. The quantitative estimate of drug-likeness (QED) is 0.494. The molecule has 31 heavy (non-hydrogen) atoms. The van der Waals surface area contributed by atoms with Crippen molar-refractivity contribution in [1.29, 1.82) is 0 Å². The lowest BCUT2D eigenvalue weighted by atomic mass is 10.1. The van der Waals surface area contributed by atoms with Gasteiger partial charge < -0.3 is 15.0 Å². The maximum atomic E-state index is 14.2. The smallest absolute Gasteiger partial charge is 0.242 e. The van der Waals surface area contributed by atoms with Gasteiger partial charge in [0.1, 0.15) is 17.6 Å². The van der Waals surface area contributed by atoms with E-state index < -0.39 is 11.9 Å². The maximum Gasteiger partial charge on any atom is 0.242 e. The van der Waals surface area contributed by atoms with E-state index in [0.717, 1.165) is 6.42 Å². The molecule has 2 rings (SSSR count). The number of benzene rings is 2. The normalized spacial score (nSPS) is 12.7. The molecule has 7 heteroatoms. The number of carbonyl (C=O) groups excluding carboxylic acids is 2. The van der Waals surface area contributed by atoms with E-state index in [9.17, 15) is 14.0 Å². The largest absolute Gasteiger partial charge is 0.494 e. The van der Waals surface area contributed by atoms with E-state index in [0.29, 0.717) is 29.4 Å². The summed E-state index contributed by atoms with van der Waals surface area (Å²) in [5.74, 6) is -0.214. The van der Waals surface area contributed by atoms with E-state index in [2.05, 4.69) is 5.32 Å². The van der Waals surface area contributed by atoms with Crippen LogP contribution in [0.3, 0.4) is 0 Å². The molecule has 0 radical (unpaired) electrons. The summed E-state index contributed by atoms with van der Waals surface area (Å²) in [5, 5.41) is 3.52. The number of carbonyl (C=O) groups is 2. The summed E-state index contributed by atoms with van der Waals surface area (Å²) in [4.78, 5) is 27.0. The van der Waals surface area contributed by atoms with Crippen molar-refractivity contribution in [1.82, 2.24) is 10.2 Å². The van der Waals surface area contributed by atoms with Gasteiger partial charge in [0.15, 0.2) is 0 Å². The average Bonchev–Trinajstić information content (AvgIpc) is 2.76. The second-order valence-corrected chi connectivity index (χ2v) is 7.95. The number of hydrogen-bond donors (Lipinski definition) is 1. The van der Waals surface area contributed by atoms with E-state index in [-0.39, 0.29) is 30.8 Å². The van der Waals surface area contributed by atoms with Crippen LogP contribution in [-0.2, 0) is 16.1 Å². The molecule has 0 aliphatic rings. The van der Waals surface area contributed by atoms with Gasteiger partial charge in [-0.2, -0.15) is 0 Å². The molecule has 0 bridgehead atoms. The zero-order valence-electron chi connectivity index (χ0n) is 18.2. The first-order valence-corrected chi connectivity index (χ1v) is 10.9. The third-order valence-electron chi connectivity index (χ3n) is 5.08. The Morgan fingerprint density at radius 2 is 1.81 bits per heavy atom. The fourth-order valence-corrected chi connectivity index (χ4v) is 3.07. The number of amides is 2. The van der Waals surface area contributed by atoms with E-state index in [1.807, 2.05) is 13.8 Å². The Morgan fingerprint density at radius 3 is 2.45 bits per heavy atom. The van der Waals surface area contributed by atoms with E-state index in [4.69, 9.17) is 16.3 Å². The molecule has 2 aromatic carbocycles. The fraction of sp³-hybridized carbons (Fsp3) is 0.417. The Balaban J connectivity index is 2.01. The number of hydrogen-bond acceptors (Lipinski definition) is 3. The fourth-order valence-electron chi connectivity index (χ4n) is 2.95.